The van der Waals surface area contributed by atoms with Crippen LogP contribution >= 0.6 is 0 Å². The number of hydrogen-bond donors (Lipinski definition) is 0. The van der Waals surface area contributed by atoms with Crippen LogP contribution in [0.4, 0.5) is 4.39 Å². The van der Waals surface area contributed by atoms with Crippen molar-refractivity contribution < 1.29 is 22.4 Å². The number of amides is 1. The van der Waals surface area contributed by atoms with Gasteiger partial charge < -0.3 is 4.90 Å². The Bertz CT molecular complexity index is 784. The quantitative estimate of drug-likeness (QED) is 0.597. The minimum atomic E-state index is -3.18. The normalized spacial score (nSPS) is 18.0. The van der Waals surface area contributed by atoms with Crippen LogP contribution in [-0.4, -0.2) is 49.6 Å². The number of sulfone groups is 1. The maximum atomic E-state index is 13.6. The van der Waals surface area contributed by atoms with E-state index in [1.807, 2.05) is 0 Å². The third-order valence-corrected chi connectivity index (χ3v) is 5.36. The van der Waals surface area contributed by atoms with Gasteiger partial charge in [0, 0.05) is 18.7 Å². The molecule has 0 N–H and O–H groups in total. The van der Waals surface area contributed by atoms with Crippen LogP contribution in [0.25, 0.3) is 0 Å². The zero-order valence-electron chi connectivity index (χ0n) is 12.5. The van der Waals surface area contributed by atoms with E-state index >= 15 is 0 Å². The van der Waals surface area contributed by atoms with Gasteiger partial charge in [0.05, 0.1) is 17.6 Å². The van der Waals surface area contributed by atoms with Crippen LogP contribution < -0.4 is 0 Å². The fraction of sp³-hybridized carbons (Fsp3) is 0.400. The van der Waals surface area contributed by atoms with E-state index in [4.69, 9.17) is 5.26 Å². The Kier molecular flexibility index (Phi) is 4.80. The molecule has 1 heterocycles. The van der Waals surface area contributed by atoms with Gasteiger partial charge in [-0.15, -0.1) is 0 Å². The van der Waals surface area contributed by atoms with Gasteiger partial charge in [-0.25, -0.2) is 12.8 Å². The molecule has 122 valence electrons. The second-order valence-corrected chi connectivity index (χ2v) is 7.67. The largest absolute Gasteiger partial charge is 0.339 e. The molecule has 1 aromatic rings. The Balaban J connectivity index is 2.19. The van der Waals surface area contributed by atoms with Gasteiger partial charge in [-0.05, 0) is 18.6 Å². The molecule has 0 bridgehead atoms. The Morgan fingerprint density at radius 1 is 1.30 bits per heavy atom. The average Bonchev–Trinajstić information content (AvgIpc) is 2.50. The summed E-state index contributed by atoms with van der Waals surface area (Å²) in [6.07, 6.45) is 0. The van der Waals surface area contributed by atoms with Gasteiger partial charge in [0.1, 0.15) is 5.82 Å². The molecule has 23 heavy (non-hydrogen) atoms. The number of Topliss-reactive ketones (excluding diaryl/α,β-unsaturated/α-hetero) is 1. The zero-order valence-corrected chi connectivity index (χ0v) is 13.3. The lowest BCUT2D eigenvalue weighted by Crippen LogP contribution is -2.47. The van der Waals surface area contributed by atoms with E-state index in [1.54, 1.807) is 6.07 Å². The van der Waals surface area contributed by atoms with Crippen LogP contribution in [-0.2, 0) is 14.6 Å². The first-order valence-electron chi connectivity index (χ1n) is 6.94. The van der Waals surface area contributed by atoms with Gasteiger partial charge in [-0.1, -0.05) is 12.1 Å². The molecule has 1 aromatic carbocycles. The summed E-state index contributed by atoms with van der Waals surface area (Å²) in [5.41, 5.74) is 0.292. The molecule has 0 aliphatic carbocycles. The standard InChI is InChI=1S/C15H15FN2O4S/c1-10-2-3-11(8-13(10)16)14(19)12(9-17)15(20)18-4-6-23(21,22)7-5-18/h2-3,8,12H,4-7H2,1H3/t12-/m1/s1. The summed E-state index contributed by atoms with van der Waals surface area (Å²) in [7, 11) is -3.18. The van der Waals surface area contributed by atoms with E-state index in [-0.39, 0.29) is 30.2 Å². The van der Waals surface area contributed by atoms with Crippen molar-refractivity contribution in [3.63, 3.8) is 0 Å². The molecular weight excluding hydrogens is 323 g/mol. The fourth-order valence-electron chi connectivity index (χ4n) is 2.25. The summed E-state index contributed by atoms with van der Waals surface area (Å²) in [5.74, 6) is -4.10. The van der Waals surface area contributed by atoms with Crippen LogP contribution in [0.2, 0.25) is 0 Å². The van der Waals surface area contributed by atoms with Crippen molar-refractivity contribution in [2.75, 3.05) is 24.6 Å². The second kappa shape index (κ2) is 6.46. The van der Waals surface area contributed by atoms with Gasteiger partial charge in [0.15, 0.2) is 21.5 Å². The summed E-state index contributed by atoms with van der Waals surface area (Å²) < 4.78 is 36.3. The van der Waals surface area contributed by atoms with Gasteiger partial charge in [-0.3, -0.25) is 9.59 Å². The summed E-state index contributed by atoms with van der Waals surface area (Å²) in [6, 6.07) is 5.39. The molecule has 8 heteroatoms. The minimum absolute atomic E-state index is 0.0467. The van der Waals surface area contributed by atoms with Crippen molar-refractivity contribution in [1.82, 2.24) is 4.90 Å². The van der Waals surface area contributed by atoms with E-state index in [0.29, 0.717) is 5.56 Å². The Morgan fingerprint density at radius 2 is 1.91 bits per heavy atom. The number of halogens is 1. The predicted octanol–water partition coefficient (Wildman–Crippen LogP) is 0.714. The lowest BCUT2D eigenvalue weighted by atomic mass is 9.96. The van der Waals surface area contributed by atoms with Gasteiger partial charge in [0.2, 0.25) is 5.91 Å². The van der Waals surface area contributed by atoms with Gasteiger partial charge in [0.25, 0.3) is 0 Å². The van der Waals surface area contributed by atoms with Crippen LogP contribution in [0.5, 0.6) is 0 Å². The van der Waals surface area contributed by atoms with Crippen molar-refractivity contribution in [3.8, 4) is 6.07 Å². The highest BCUT2D eigenvalue weighted by molar-refractivity contribution is 7.91. The molecule has 0 radical (unpaired) electrons. The molecule has 1 aliphatic rings. The van der Waals surface area contributed by atoms with Crippen molar-refractivity contribution in [2.45, 2.75) is 6.92 Å². The van der Waals surface area contributed by atoms with Crippen molar-refractivity contribution in [2.24, 2.45) is 5.92 Å². The zero-order chi connectivity index (χ0) is 17.2. The van der Waals surface area contributed by atoms with E-state index in [0.717, 1.165) is 6.07 Å². The first kappa shape index (κ1) is 17.1. The molecule has 0 aromatic heterocycles. The van der Waals surface area contributed by atoms with Crippen molar-refractivity contribution in [3.05, 3.63) is 35.1 Å². The summed E-state index contributed by atoms with van der Waals surface area (Å²) in [5, 5.41) is 9.16. The number of nitrogens with zero attached hydrogens (tertiary/aromatic N) is 2. The first-order chi connectivity index (χ1) is 10.7. The first-order valence-corrected chi connectivity index (χ1v) is 8.76. The molecule has 0 spiro atoms. The van der Waals surface area contributed by atoms with Crippen molar-refractivity contribution in [1.29, 1.82) is 5.26 Å². The molecule has 6 nitrogen and oxygen atoms in total. The number of nitriles is 1. The molecule has 1 amide bonds. The third kappa shape index (κ3) is 3.74. The maximum Gasteiger partial charge on any atom is 0.248 e. The number of aryl methyl sites for hydroxylation is 1. The number of benzene rings is 1. The van der Waals surface area contributed by atoms with E-state index in [1.165, 1.54) is 24.0 Å². The molecule has 0 unspecified atom stereocenters. The topological polar surface area (TPSA) is 95.3 Å². The van der Waals surface area contributed by atoms with Crippen molar-refractivity contribution >= 4 is 21.5 Å². The van der Waals surface area contributed by atoms with E-state index in [2.05, 4.69) is 0 Å². The Labute approximate surface area is 133 Å². The highest BCUT2D eigenvalue weighted by Crippen LogP contribution is 2.16. The molecule has 0 saturated carbocycles. The summed E-state index contributed by atoms with van der Waals surface area (Å²) in [4.78, 5) is 25.8. The molecular formula is C15H15FN2O4S. The van der Waals surface area contributed by atoms with E-state index < -0.39 is 33.3 Å². The van der Waals surface area contributed by atoms with Crippen LogP contribution in [0.1, 0.15) is 15.9 Å². The number of hydrogen-bond acceptors (Lipinski definition) is 5. The second-order valence-electron chi connectivity index (χ2n) is 5.37. The lowest BCUT2D eigenvalue weighted by molar-refractivity contribution is -0.132. The molecule has 1 aliphatic heterocycles. The van der Waals surface area contributed by atoms with Gasteiger partial charge >= 0.3 is 0 Å². The Morgan fingerprint density at radius 3 is 2.43 bits per heavy atom. The van der Waals surface area contributed by atoms with Crippen LogP contribution in [0.3, 0.4) is 0 Å². The van der Waals surface area contributed by atoms with E-state index in [9.17, 15) is 22.4 Å². The molecule has 1 saturated heterocycles. The molecule has 1 fully saturated rings. The number of carbonyl (C=O) groups is 2. The van der Waals surface area contributed by atoms with Crippen LogP contribution in [0.15, 0.2) is 18.2 Å². The smallest absolute Gasteiger partial charge is 0.248 e. The third-order valence-electron chi connectivity index (χ3n) is 3.75. The molecule has 1 atom stereocenters. The van der Waals surface area contributed by atoms with Gasteiger partial charge in [-0.2, -0.15) is 5.26 Å². The summed E-state index contributed by atoms with van der Waals surface area (Å²) in [6.45, 7) is 1.44. The number of carbonyl (C=O) groups excluding carboxylic acids is 2. The SMILES string of the molecule is Cc1ccc(C(=O)[C@@H](C#N)C(=O)N2CCS(=O)(=O)CC2)cc1F. The summed E-state index contributed by atoms with van der Waals surface area (Å²) >= 11 is 0. The Hall–Kier alpha value is -2.27. The minimum Gasteiger partial charge on any atom is -0.339 e. The number of ketones is 1. The fourth-order valence-corrected chi connectivity index (χ4v) is 3.46. The highest BCUT2D eigenvalue weighted by atomic mass is 32.2. The highest BCUT2D eigenvalue weighted by Gasteiger charge is 2.34. The number of rotatable bonds is 3. The monoisotopic (exact) mass is 338 g/mol. The van der Waals surface area contributed by atoms with Crippen LogP contribution in [0, 0.1) is 30.0 Å². The maximum absolute atomic E-state index is 13.6. The predicted molar refractivity (Wildman–Crippen MR) is 79.8 cm³/mol. The average molecular weight is 338 g/mol. The lowest BCUT2D eigenvalue weighted by Gasteiger charge is -2.28. The molecule has 2 rings (SSSR count).